The van der Waals surface area contributed by atoms with Crippen molar-refractivity contribution in [3.63, 3.8) is 0 Å². The number of Topliss-reactive ketones (excluding diaryl/α,β-unsaturated/α-hetero) is 1. The zero-order valence-corrected chi connectivity index (χ0v) is 17.5. The molecular weight excluding hydrogens is 450 g/mol. The van der Waals surface area contributed by atoms with E-state index in [1.165, 1.54) is 6.07 Å². The van der Waals surface area contributed by atoms with Crippen molar-refractivity contribution in [2.24, 2.45) is 11.8 Å². The smallest absolute Gasteiger partial charge is 0.340 e. The third-order valence-corrected chi connectivity index (χ3v) is 5.90. The van der Waals surface area contributed by atoms with Gasteiger partial charge in [0.05, 0.1) is 23.1 Å². The number of benzene rings is 2. The number of para-hydroxylation sites is 1. The molecule has 0 unspecified atom stereocenters. The van der Waals surface area contributed by atoms with Gasteiger partial charge < -0.3 is 4.74 Å². The van der Waals surface area contributed by atoms with E-state index in [1.807, 2.05) is 12.2 Å². The van der Waals surface area contributed by atoms with Gasteiger partial charge in [0.25, 0.3) is 0 Å². The maximum Gasteiger partial charge on any atom is 0.340 e. The summed E-state index contributed by atoms with van der Waals surface area (Å²) in [6, 6.07) is 13.0. The van der Waals surface area contributed by atoms with E-state index in [2.05, 4.69) is 15.9 Å². The van der Waals surface area contributed by atoms with E-state index in [9.17, 15) is 19.2 Å². The normalized spacial score (nSPS) is 20.2. The number of esters is 1. The molecule has 2 atom stereocenters. The van der Waals surface area contributed by atoms with E-state index in [-0.39, 0.29) is 28.8 Å². The van der Waals surface area contributed by atoms with Crippen molar-refractivity contribution in [3.05, 3.63) is 76.3 Å². The van der Waals surface area contributed by atoms with Gasteiger partial charge in [-0.25, -0.2) is 9.69 Å². The van der Waals surface area contributed by atoms with E-state index in [0.717, 1.165) is 9.37 Å². The predicted molar refractivity (Wildman–Crippen MR) is 113 cm³/mol. The van der Waals surface area contributed by atoms with Crippen molar-refractivity contribution >= 4 is 45.2 Å². The number of carbonyl (C=O) groups is 4. The third kappa shape index (κ3) is 3.73. The Morgan fingerprint density at radius 2 is 1.53 bits per heavy atom. The highest BCUT2D eigenvalue weighted by atomic mass is 79.9. The lowest BCUT2D eigenvalue weighted by molar-refractivity contribution is -0.122. The summed E-state index contributed by atoms with van der Waals surface area (Å²) in [5, 5.41) is 0. The van der Waals surface area contributed by atoms with Gasteiger partial charge in [0.1, 0.15) is 0 Å². The number of amides is 2. The van der Waals surface area contributed by atoms with E-state index in [0.29, 0.717) is 18.4 Å². The molecule has 7 heteroatoms. The van der Waals surface area contributed by atoms with Gasteiger partial charge in [-0.05, 0) is 37.1 Å². The number of fused-ring (bicyclic) bond motifs is 1. The molecule has 0 radical (unpaired) electrons. The highest BCUT2D eigenvalue weighted by Gasteiger charge is 2.48. The topological polar surface area (TPSA) is 80.8 Å². The molecule has 0 saturated carbocycles. The molecule has 1 saturated heterocycles. The Morgan fingerprint density at radius 1 is 0.933 bits per heavy atom. The van der Waals surface area contributed by atoms with Crippen LogP contribution in [-0.2, 0) is 14.3 Å². The first-order valence-electron chi connectivity index (χ1n) is 9.55. The molecular formula is C23H18BrNO5. The Kier molecular flexibility index (Phi) is 5.63. The molecule has 2 aliphatic rings. The van der Waals surface area contributed by atoms with E-state index in [4.69, 9.17) is 4.74 Å². The molecule has 1 aliphatic carbocycles. The fourth-order valence-corrected chi connectivity index (χ4v) is 4.07. The summed E-state index contributed by atoms with van der Waals surface area (Å²) in [7, 11) is 0. The number of ether oxygens (including phenoxy) is 1. The van der Waals surface area contributed by atoms with Gasteiger partial charge >= 0.3 is 5.97 Å². The Bertz CT molecular complexity index is 1030. The highest BCUT2D eigenvalue weighted by molar-refractivity contribution is 9.10. The fraction of sp³-hybridized carbons (Fsp3) is 0.217. The van der Waals surface area contributed by atoms with Crippen molar-refractivity contribution < 1.29 is 23.9 Å². The molecule has 152 valence electrons. The Morgan fingerprint density at radius 3 is 2.17 bits per heavy atom. The van der Waals surface area contributed by atoms with Crippen LogP contribution in [0.4, 0.5) is 5.69 Å². The summed E-state index contributed by atoms with van der Waals surface area (Å²) in [6.45, 7) is -0.439. The molecule has 4 rings (SSSR count). The summed E-state index contributed by atoms with van der Waals surface area (Å²) in [5.74, 6) is -2.51. The first-order chi connectivity index (χ1) is 14.5. The molecule has 0 bridgehead atoms. The van der Waals surface area contributed by atoms with Gasteiger partial charge in [-0.1, -0.05) is 52.3 Å². The van der Waals surface area contributed by atoms with Crippen LogP contribution in [0.1, 0.15) is 33.6 Å². The van der Waals surface area contributed by atoms with Crippen molar-refractivity contribution in [2.45, 2.75) is 12.8 Å². The molecule has 0 aromatic heterocycles. The molecule has 30 heavy (non-hydrogen) atoms. The largest absolute Gasteiger partial charge is 0.454 e. The summed E-state index contributed by atoms with van der Waals surface area (Å²) in [6.07, 6.45) is 4.84. The predicted octanol–water partition coefficient (Wildman–Crippen LogP) is 3.94. The van der Waals surface area contributed by atoms with Crippen LogP contribution in [0.25, 0.3) is 0 Å². The second-order valence-corrected chi connectivity index (χ2v) is 8.11. The van der Waals surface area contributed by atoms with Crippen LogP contribution >= 0.6 is 15.9 Å². The Hall–Kier alpha value is -3.06. The lowest BCUT2D eigenvalue weighted by Gasteiger charge is -2.18. The lowest BCUT2D eigenvalue weighted by atomic mass is 9.85. The SMILES string of the molecule is O=C(COC(=O)c1ccccc1N1C(=O)[C@H]2CC=CC[C@@H]2C1=O)c1ccc(Br)cc1. The van der Waals surface area contributed by atoms with Gasteiger partial charge in [-0.15, -0.1) is 0 Å². The number of hydrogen-bond acceptors (Lipinski definition) is 5. The minimum atomic E-state index is -0.760. The number of halogens is 1. The number of ketones is 1. The number of rotatable bonds is 5. The van der Waals surface area contributed by atoms with Gasteiger partial charge in [0, 0.05) is 10.0 Å². The van der Waals surface area contributed by atoms with Crippen LogP contribution in [0.5, 0.6) is 0 Å². The zero-order valence-electron chi connectivity index (χ0n) is 15.9. The van der Waals surface area contributed by atoms with Crippen LogP contribution in [0.3, 0.4) is 0 Å². The van der Waals surface area contributed by atoms with Crippen LogP contribution in [0, 0.1) is 11.8 Å². The van der Waals surface area contributed by atoms with Crippen molar-refractivity contribution in [1.29, 1.82) is 0 Å². The number of anilines is 1. The number of carbonyl (C=O) groups excluding carboxylic acids is 4. The molecule has 1 aliphatic heterocycles. The maximum atomic E-state index is 12.9. The van der Waals surface area contributed by atoms with Crippen LogP contribution < -0.4 is 4.90 Å². The third-order valence-electron chi connectivity index (χ3n) is 5.37. The van der Waals surface area contributed by atoms with Crippen molar-refractivity contribution in [3.8, 4) is 0 Å². The molecule has 6 nitrogen and oxygen atoms in total. The Balaban J connectivity index is 1.52. The second kappa shape index (κ2) is 8.36. The minimum absolute atomic E-state index is 0.0782. The monoisotopic (exact) mass is 467 g/mol. The fourth-order valence-electron chi connectivity index (χ4n) is 3.81. The van der Waals surface area contributed by atoms with Gasteiger partial charge in [-0.3, -0.25) is 14.4 Å². The van der Waals surface area contributed by atoms with Gasteiger partial charge in [0.2, 0.25) is 11.8 Å². The van der Waals surface area contributed by atoms with Crippen molar-refractivity contribution in [2.75, 3.05) is 11.5 Å². The summed E-state index contributed by atoms with van der Waals surface area (Å²) >= 11 is 3.30. The number of imide groups is 1. The first kappa shape index (κ1) is 20.2. The minimum Gasteiger partial charge on any atom is -0.454 e. The van der Waals surface area contributed by atoms with E-state index < -0.39 is 24.4 Å². The quantitative estimate of drug-likeness (QED) is 0.288. The summed E-state index contributed by atoms with van der Waals surface area (Å²) in [5.41, 5.74) is 0.693. The molecule has 2 aromatic carbocycles. The van der Waals surface area contributed by atoms with Crippen LogP contribution in [0.2, 0.25) is 0 Å². The highest BCUT2D eigenvalue weighted by Crippen LogP contribution is 2.38. The average molecular weight is 468 g/mol. The van der Waals surface area contributed by atoms with Crippen LogP contribution in [-0.4, -0.2) is 30.2 Å². The average Bonchev–Trinajstić information content (AvgIpc) is 3.02. The molecule has 1 heterocycles. The first-order valence-corrected chi connectivity index (χ1v) is 10.3. The maximum absolute atomic E-state index is 12.9. The summed E-state index contributed by atoms with van der Waals surface area (Å²) < 4.78 is 6.04. The standard InChI is InChI=1S/C23H18BrNO5/c24-15-11-9-14(10-12-15)20(26)13-30-23(29)18-7-3-4-8-19(18)25-21(27)16-5-1-2-6-17(16)22(25)28/h1-4,7-12,16-17H,5-6,13H2/t16-,17-/m0/s1. The number of hydrogen-bond donors (Lipinski definition) is 0. The number of allylic oxidation sites excluding steroid dienone is 2. The molecule has 0 spiro atoms. The molecule has 2 amide bonds. The van der Waals surface area contributed by atoms with E-state index >= 15 is 0 Å². The van der Waals surface area contributed by atoms with Crippen molar-refractivity contribution in [1.82, 2.24) is 0 Å². The lowest BCUT2D eigenvalue weighted by Crippen LogP contribution is -2.32. The molecule has 1 fully saturated rings. The van der Waals surface area contributed by atoms with Gasteiger partial charge in [-0.2, -0.15) is 0 Å². The molecule has 2 aromatic rings. The van der Waals surface area contributed by atoms with Gasteiger partial charge in [0.15, 0.2) is 12.4 Å². The summed E-state index contributed by atoms with van der Waals surface area (Å²) in [4.78, 5) is 51.8. The zero-order chi connectivity index (χ0) is 21.3. The molecule has 0 N–H and O–H groups in total. The van der Waals surface area contributed by atoms with Crippen LogP contribution in [0.15, 0.2) is 65.2 Å². The second-order valence-electron chi connectivity index (χ2n) is 7.19. The Labute approximate surface area is 181 Å². The number of nitrogens with zero attached hydrogens (tertiary/aromatic N) is 1. The van der Waals surface area contributed by atoms with E-state index in [1.54, 1.807) is 42.5 Å².